The summed E-state index contributed by atoms with van der Waals surface area (Å²) in [6, 6.07) is 8.66. The molecular formula is C24H36O3. The highest BCUT2D eigenvalue weighted by atomic mass is 16.4. The molecule has 1 aromatic rings. The van der Waals surface area contributed by atoms with Gasteiger partial charge >= 0.3 is 5.97 Å². The van der Waals surface area contributed by atoms with Crippen molar-refractivity contribution in [3.63, 3.8) is 0 Å². The molecule has 0 aromatic heterocycles. The molecule has 0 spiro atoms. The quantitative estimate of drug-likeness (QED) is 0.433. The summed E-state index contributed by atoms with van der Waals surface area (Å²) in [5.41, 5.74) is 2.27. The maximum absolute atomic E-state index is 11.6. The Bertz CT molecular complexity index is 641. The lowest BCUT2D eigenvalue weighted by atomic mass is 9.86. The summed E-state index contributed by atoms with van der Waals surface area (Å²) >= 11 is 0. The minimum Gasteiger partial charge on any atom is -0.481 e. The van der Waals surface area contributed by atoms with Crippen molar-refractivity contribution in [1.29, 1.82) is 0 Å². The molecule has 0 unspecified atom stereocenters. The van der Waals surface area contributed by atoms with Crippen molar-refractivity contribution < 1.29 is 14.7 Å². The third-order valence-electron chi connectivity index (χ3n) is 6.40. The van der Waals surface area contributed by atoms with E-state index in [-0.39, 0.29) is 5.41 Å². The second-order valence-electron chi connectivity index (χ2n) is 9.06. The number of carbonyl (C=O) groups excluding carboxylic acids is 1. The number of aliphatic carboxylic acids is 1. The van der Waals surface area contributed by atoms with E-state index in [1.807, 2.05) is 0 Å². The molecule has 0 bridgehead atoms. The van der Waals surface area contributed by atoms with Crippen LogP contribution in [-0.4, -0.2) is 16.9 Å². The molecular weight excluding hydrogens is 336 g/mol. The third kappa shape index (κ3) is 6.48. The van der Waals surface area contributed by atoms with E-state index in [1.54, 1.807) is 20.8 Å². The van der Waals surface area contributed by atoms with Gasteiger partial charge in [0.25, 0.3) is 0 Å². The first kappa shape index (κ1) is 21.7. The van der Waals surface area contributed by atoms with Gasteiger partial charge in [0.15, 0.2) is 0 Å². The van der Waals surface area contributed by atoms with Crippen LogP contribution in [-0.2, 0) is 22.4 Å². The Balaban J connectivity index is 1.70. The summed E-state index contributed by atoms with van der Waals surface area (Å²) in [4.78, 5) is 22.8. The number of rotatable bonds is 13. The summed E-state index contributed by atoms with van der Waals surface area (Å²) in [6.07, 6.45) is 11.6. The number of ketones is 1. The molecule has 3 heteroatoms. The van der Waals surface area contributed by atoms with Gasteiger partial charge in [0.2, 0.25) is 0 Å². The Hall–Kier alpha value is -1.64. The Labute approximate surface area is 164 Å². The number of benzene rings is 1. The van der Waals surface area contributed by atoms with Crippen LogP contribution in [0.1, 0.15) is 89.7 Å². The molecule has 1 aromatic carbocycles. The zero-order valence-corrected chi connectivity index (χ0v) is 17.4. The highest BCUT2D eigenvalue weighted by Crippen LogP contribution is 2.50. The van der Waals surface area contributed by atoms with E-state index in [9.17, 15) is 14.7 Å². The van der Waals surface area contributed by atoms with E-state index in [0.717, 1.165) is 57.8 Å². The predicted octanol–water partition coefficient (Wildman–Crippen LogP) is 5.98. The van der Waals surface area contributed by atoms with Gasteiger partial charge in [0.05, 0.1) is 5.41 Å². The number of carboxylic acids is 1. The lowest BCUT2D eigenvalue weighted by molar-refractivity contribution is -0.147. The Morgan fingerprint density at radius 1 is 0.963 bits per heavy atom. The first-order valence-corrected chi connectivity index (χ1v) is 10.6. The predicted molar refractivity (Wildman–Crippen MR) is 110 cm³/mol. The fraction of sp³-hybridized carbons (Fsp3) is 0.667. The van der Waals surface area contributed by atoms with Gasteiger partial charge in [-0.05, 0) is 83.3 Å². The van der Waals surface area contributed by atoms with Gasteiger partial charge in [-0.3, -0.25) is 9.59 Å². The van der Waals surface area contributed by atoms with E-state index in [0.29, 0.717) is 5.78 Å². The SMILES string of the molecule is CC(=O)C1(CCCCCc2ccccc2CCCCC(C)(C)C(=O)O)CC1. The highest BCUT2D eigenvalue weighted by molar-refractivity contribution is 5.84. The van der Waals surface area contributed by atoms with Crippen molar-refractivity contribution in [3.05, 3.63) is 35.4 Å². The first-order chi connectivity index (χ1) is 12.8. The molecule has 0 radical (unpaired) electrons. The van der Waals surface area contributed by atoms with Crippen molar-refractivity contribution in [3.8, 4) is 0 Å². The fourth-order valence-corrected chi connectivity index (χ4v) is 3.92. The Kier molecular flexibility index (Phi) is 7.64. The molecule has 1 N–H and O–H groups in total. The van der Waals surface area contributed by atoms with Crippen LogP contribution in [0.5, 0.6) is 0 Å². The Morgan fingerprint density at radius 2 is 1.52 bits per heavy atom. The molecule has 1 aliphatic rings. The minimum atomic E-state index is -0.708. The molecule has 0 heterocycles. The molecule has 1 fully saturated rings. The van der Waals surface area contributed by atoms with Gasteiger partial charge in [-0.25, -0.2) is 0 Å². The number of carbonyl (C=O) groups is 2. The van der Waals surface area contributed by atoms with E-state index < -0.39 is 11.4 Å². The monoisotopic (exact) mass is 372 g/mol. The highest BCUT2D eigenvalue weighted by Gasteiger charge is 2.46. The van der Waals surface area contributed by atoms with E-state index in [1.165, 1.54) is 24.0 Å². The van der Waals surface area contributed by atoms with Crippen molar-refractivity contribution in [2.24, 2.45) is 10.8 Å². The van der Waals surface area contributed by atoms with E-state index in [4.69, 9.17) is 0 Å². The standard InChI is InChI=1S/C24H36O3/c1-19(25)24(17-18-24)16-9-4-5-11-20-12-6-7-13-21(20)14-8-10-15-23(2,3)22(26)27/h6-7,12-13H,4-5,8-11,14-18H2,1-3H3,(H,26,27). The molecule has 0 saturated heterocycles. The lowest BCUT2D eigenvalue weighted by Gasteiger charge is -2.18. The summed E-state index contributed by atoms with van der Waals surface area (Å²) < 4.78 is 0. The average molecular weight is 373 g/mol. The molecule has 3 nitrogen and oxygen atoms in total. The van der Waals surface area contributed by atoms with Gasteiger partial charge in [0.1, 0.15) is 5.78 Å². The molecule has 0 aliphatic heterocycles. The van der Waals surface area contributed by atoms with Crippen molar-refractivity contribution in [2.75, 3.05) is 0 Å². The zero-order valence-electron chi connectivity index (χ0n) is 17.4. The van der Waals surface area contributed by atoms with Crippen molar-refractivity contribution in [2.45, 2.75) is 91.4 Å². The fourth-order valence-electron chi connectivity index (χ4n) is 3.92. The smallest absolute Gasteiger partial charge is 0.309 e. The first-order valence-electron chi connectivity index (χ1n) is 10.6. The molecule has 150 valence electrons. The summed E-state index contributed by atoms with van der Waals surface area (Å²) in [7, 11) is 0. The van der Waals surface area contributed by atoms with Gasteiger partial charge in [-0.15, -0.1) is 0 Å². The summed E-state index contributed by atoms with van der Waals surface area (Å²) in [6.45, 7) is 5.36. The van der Waals surface area contributed by atoms with Gasteiger partial charge in [0, 0.05) is 5.41 Å². The summed E-state index contributed by atoms with van der Waals surface area (Å²) in [5.74, 6) is -0.320. The molecule has 2 rings (SSSR count). The van der Waals surface area contributed by atoms with Crippen LogP contribution in [0.4, 0.5) is 0 Å². The second-order valence-corrected chi connectivity index (χ2v) is 9.06. The van der Waals surface area contributed by atoms with Crippen LogP contribution in [0.2, 0.25) is 0 Å². The number of hydrogen-bond acceptors (Lipinski definition) is 2. The average Bonchev–Trinajstić information content (AvgIpc) is 3.40. The maximum Gasteiger partial charge on any atom is 0.309 e. The lowest BCUT2D eigenvalue weighted by Crippen LogP contribution is -2.23. The number of aryl methyl sites for hydroxylation is 2. The van der Waals surface area contributed by atoms with Gasteiger partial charge in [-0.1, -0.05) is 43.5 Å². The van der Waals surface area contributed by atoms with Crippen LogP contribution in [0, 0.1) is 10.8 Å². The minimum absolute atomic E-state index is 0.0572. The number of hydrogen-bond donors (Lipinski definition) is 1. The van der Waals surface area contributed by atoms with E-state index >= 15 is 0 Å². The van der Waals surface area contributed by atoms with Crippen molar-refractivity contribution in [1.82, 2.24) is 0 Å². The number of unbranched alkanes of at least 4 members (excludes halogenated alkanes) is 3. The number of carboxylic acid groups (broad SMARTS) is 1. The molecule has 0 amide bonds. The largest absolute Gasteiger partial charge is 0.481 e. The summed E-state index contributed by atoms with van der Waals surface area (Å²) in [5, 5.41) is 9.21. The maximum atomic E-state index is 11.6. The zero-order chi connectivity index (χ0) is 19.9. The van der Waals surface area contributed by atoms with Crippen LogP contribution in [0.3, 0.4) is 0 Å². The van der Waals surface area contributed by atoms with Crippen LogP contribution >= 0.6 is 0 Å². The molecule has 0 atom stereocenters. The van der Waals surface area contributed by atoms with E-state index in [2.05, 4.69) is 24.3 Å². The van der Waals surface area contributed by atoms with Gasteiger partial charge < -0.3 is 5.11 Å². The van der Waals surface area contributed by atoms with Crippen LogP contribution < -0.4 is 0 Å². The number of Topliss-reactive ketones (excluding diaryl/α,β-unsaturated/α-hetero) is 1. The molecule has 1 saturated carbocycles. The topological polar surface area (TPSA) is 54.4 Å². The molecule has 1 aliphatic carbocycles. The van der Waals surface area contributed by atoms with Crippen LogP contribution in [0.25, 0.3) is 0 Å². The van der Waals surface area contributed by atoms with Crippen molar-refractivity contribution >= 4 is 11.8 Å². The Morgan fingerprint density at radius 3 is 2.00 bits per heavy atom. The third-order valence-corrected chi connectivity index (χ3v) is 6.40. The normalized spacial score (nSPS) is 15.5. The second kappa shape index (κ2) is 9.52. The molecule has 27 heavy (non-hydrogen) atoms. The van der Waals surface area contributed by atoms with Crippen LogP contribution in [0.15, 0.2) is 24.3 Å². The van der Waals surface area contributed by atoms with Gasteiger partial charge in [-0.2, -0.15) is 0 Å².